The van der Waals surface area contributed by atoms with Crippen molar-refractivity contribution in [2.24, 2.45) is 17.8 Å². The first-order valence-corrected chi connectivity index (χ1v) is 10.4. The lowest BCUT2D eigenvalue weighted by Gasteiger charge is -2.35. The van der Waals surface area contributed by atoms with Crippen LogP contribution in [0.5, 0.6) is 0 Å². The zero-order chi connectivity index (χ0) is 22.3. The molecule has 0 bridgehead atoms. The van der Waals surface area contributed by atoms with Crippen LogP contribution in [0, 0.1) is 17.8 Å². The van der Waals surface area contributed by atoms with Crippen molar-refractivity contribution in [2.45, 2.75) is 58.9 Å². The Morgan fingerprint density at radius 1 is 1.13 bits per heavy atom. The van der Waals surface area contributed by atoms with Crippen molar-refractivity contribution >= 4 is 17.8 Å². The Balaban J connectivity index is 1.90. The number of ketones is 1. The van der Waals surface area contributed by atoms with E-state index in [2.05, 4.69) is 0 Å². The van der Waals surface area contributed by atoms with E-state index in [0.29, 0.717) is 5.56 Å². The number of carbonyl (C=O) groups excluding carboxylic acids is 3. The van der Waals surface area contributed by atoms with Gasteiger partial charge in [-0.25, -0.2) is 4.79 Å². The molecule has 4 atom stereocenters. The maximum absolute atomic E-state index is 13.2. The van der Waals surface area contributed by atoms with Gasteiger partial charge in [0, 0.05) is 17.4 Å². The van der Waals surface area contributed by atoms with Crippen molar-refractivity contribution in [1.82, 2.24) is 4.90 Å². The lowest BCUT2D eigenvalue weighted by atomic mass is 10.0. The molecular weight excluding hydrogens is 386 g/mol. The molecular formula is C23H31NO6. The third kappa shape index (κ3) is 4.36. The normalized spacial score (nSPS) is 27.5. The van der Waals surface area contributed by atoms with E-state index in [1.807, 2.05) is 6.07 Å². The monoisotopic (exact) mass is 417 g/mol. The van der Waals surface area contributed by atoms with Crippen LogP contribution in [0.25, 0.3) is 0 Å². The zero-order valence-corrected chi connectivity index (χ0v) is 18.5. The van der Waals surface area contributed by atoms with Crippen molar-refractivity contribution in [1.29, 1.82) is 0 Å². The molecule has 0 aromatic heterocycles. The summed E-state index contributed by atoms with van der Waals surface area (Å²) in [6, 6.07) is 8.43. The van der Waals surface area contributed by atoms with Gasteiger partial charge in [-0.05, 0) is 41.5 Å². The molecule has 3 rings (SSSR count). The van der Waals surface area contributed by atoms with Gasteiger partial charge in [0.1, 0.15) is 11.3 Å². The fourth-order valence-electron chi connectivity index (χ4n) is 4.27. The number of ether oxygens (including phenoxy) is 3. The van der Waals surface area contributed by atoms with Crippen LogP contribution in [0.15, 0.2) is 30.3 Å². The van der Waals surface area contributed by atoms with Crippen LogP contribution in [0.2, 0.25) is 0 Å². The third-order valence-corrected chi connectivity index (χ3v) is 5.55. The van der Waals surface area contributed by atoms with Crippen LogP contribution < -0.4 is 0 Å². The molecule has 2 fully saturated rings. The molecule has 1 heterocycles. The molecule has 0 spiro atoms. The van der Waals surface area contributed by atoms with Crippen LogP contribution in [-0.2, 0) is 19.0 Å². The minimum atomic E-state index is -0.908. The SMILES string of the molecule is CCOC(=O)[C@@H]1[C@H](C(=O)c2ccccc2)[C@H]1[C@@H]1COC(C)(C)N1C(=O)OC(C)(C)C. The van der Waals surface area contributed by atoms with E-state index in [0.717, 1.165) is 0 Å². The Bertz CT molecular complexity index is 813. The zero-order valence-electron chi connectivity index (χ0n) is 18.5. The number of esters is 1. The summed E-state index contributed by atoms with van der Waals surface area (Å²) < 4.78 is 16.7. The highest BCUT2D eigenvalue weighted by molar-refractivity contribution is 6.03. The molecule has 0 unspecified atom stereocenters. The number of amides is 1. The molecule has 1 aliphatic carbocycles. The van der Waals surface area contributed by atoms with E-state index in [1.165, 1.54) is 4.90 Å². The van der Waals surface area contributed by atoms with Crippen LogP contribution in [-0.4, -0.2) is 53.3 Å². The number of hydrogen-bond donors (Lipinski definition) is 0. The quantitative estimate of drug-likeness (QED) is 0.537. The second-order valence-electron chi connectivity index (χ2n) is 9.29. The molecule has 1 aromatic rings. The van der Waals surface area contributed by atoms with E-state index < -0.39 is 41.3 Å². The summed E-state index contributed by atoms with van der Waals surface area (Å²) in [6.07, 6.45) is -0.518. The average molecular weight is 418 g/mol. The Morgan fingerprint density at radius 3 is 2.33 bits per heavy atom. The third-order valence-electron chi connectivity index (χ3n) is 5.55. The van der Waals surface area contributed by atoms with Gasteiger partial charge in [0.2, 0.25) is 0 Å². The second kappa shape index (κ2) is 8.02. The Morgan fingerprint density at radius 2 is 1.77 bits per heavy atom. The molecule has 1 amide bonds. The highest BCUT2D eigenvalue weighted by Crippen LogP contribution is 2.54. The van der Waals surface area contributed by atoms with E-state index in [9.17, 15) is 14.4 Å². The van der Waals surface area contributed by atoms with Gasteiger partial charge in [-0.3, -0.25) is 14.5 Å². The number of nitrogens with zero attached hydrogens (tertiary/aromatic N) is 1. The van der Waals surface area contributed by atoms with Gasteiger partial charge in [-0.2, -0.15) is 0 Å². The molecule has 2 aliphatic rings. The van der Waals surface area contributed by atoms with E-state index in [4.69, 9.17) is 14.2 Å². The van der Waals surface area contributed by atoms with Crippen LogP contribution in [0.1, 0.15) is 51.9 Å². The van der Waals surface area contributed by atoms with Crippen LogP contribution >= 0.6 is 0 Å². The summed E-state index contributed by atoms with van der Waals surface area (Å²) >= 11 is 0. The Hall–Kier alpha value is -2.41. The predicted octanol–water partition coefficient (Wildman–Crippen LogP) is 3.67. The van der Waals surface area contributed by atoms with Crippen molar-refractivity contribution in [3.05, 3.63) is 35.9 Å². The number of hydrogen-bond acceptors (Lipinski definition) is 6. The highest BCUT2D eigenvalue weighted by atomic mass is 16.6. The van der Waals surface area contributed by atoms with Gasteiger partial charge < -0.3 is 14.2 Å². The summed E-state index contributed by atoms with van der Waals surface area (Å²) in [4.78, 5) is 40.3. The average Bonchev–Trinajstić information content (AvgIpc) is 3.30. The maximum Gasteiger partial charge on any atom is 0.412 e. The van der Waals surface area contributed by atoms with Crippen molar-refractivity contribution in [3.63, 3.8) is 0 Å². The highest BCUT2D eigenvalue weighted by Gasteiger charge is 2.66. The fraction of sp³-hybridized carbons (Fsp3) is 0.609. The number of benzene rings is 1. The predicted molar refractivity (Wildman–Crippen MR) is 110 cm³/mol. The first-order chi connectivity index (χ1) is 14.0. The standard InChI is InChI=1S/C23H31NO6/c1-7-28-20(26)18-16(17(18)19(25)14-11-9-8-10-12-14)15-13-29-23(5,6)24(15)21(27)30-22(2,3)4/h8-12,15-18H,7,13H2,1-6H3/t15-,16+,17+,18-/m0/s1. The minimum Gasteiger partial charge on any atom is -0.466 e. The lowest BCUT2D eigenvalue weighted by Crippen LogP contribution is -2.51. The van der Waals surface area contributed by atoms with Crippen LogP contribution in [0.3, 0.4) is 0 Å². The largest absolute Gasteiger partial charge is 0.466 e. The molecule has 1 aromatic carbocycles. The van der Waals surface area contributed by atoms with Gasteiger partial charge in [-0.1, -0.05) is 30.3 Å². The molecule has 1 saturated carbocycles. The van der Waals surface area contributed by atoms with Crippen LogP contribution in [0.4, 0.5) is 4.79 Å². The van der Waals surface area contributed by atoms with Gasteiger partial charge in [0.15, 0.2) is 5.78 Å². The lowest BCUT2D eigenvalue weighted by molar-refractivity contribution is -0.145. The number of rotatable bonds is 5. The summed E-state index contributed by atoms with van der Waals surface area (Å²) in [5, 5.41) is 0. The second-order valence-corrected chi connectivity index (χ2v) is 9.29. The van der Waals surface area contributed by atoms with Gasteiger partial charge in [0.05, 0.1) is 25.2 Å². The minimum absolute atomic E-state index is 0.118. The number of carbonyl (C=O) groups is 3. The van der Waals surface area contributed by atoms with E-state index >= 15 is 0 Å². The summed E-state index contributed by atoms with van der Waals surface area (Å²) in [7, 11) is 0. The Labute approximate surface area is 177 Å². The fourth-order valence-corrected chi connectivity index (χ4v) is 4.27. The Kier molecular flexibility index (Phi) is 5.96. The first-order valence-electron chi connectivity index (χ1n) is 10.4. The molecule has 30 heavy (non-hydrogen) atoms. The smallest absolute Gasteiger partial charge is 0.412 e. The van der Waals surface area contributed by atoms with E-state index in [-0.39, 0.29) is 24.9 Å². The van der Waals surface area contributed by atoms with Gasteiger partial charge in [-0.15, -0.1) is 0 Å². The van der Waals surface area contributed by atoms with Gasteiger partial charge >= 0.3 is 12.1 Å². The van der Waals surface area contributed by atoms with Gasteiger partial charge in [0.25, 0.3) is 0 Å². The molecule has 1 aliphatic heterocycles. The van der Waals surface area contributed by atoms with E-state index in [1.54, 1.807) is 65.8 Å². The van der Waals surface area contributed by atoms with Crippen molar-refractivity contribution in [3.8, 4) is 0 Å². The summed E-state index contributed by atoms with van der Waals surface area (Å²) in [5.74, 6) is -2.08. The molecule has 0 radical (unpaired) electrons. The number of Topliss-reactive ketones (excluding diaryl/α,β-unsaturated/α-hetero) is 1. The summed E-state index contributed by atoms with van der Waals surface area (Å²) in [5.41, 5.74) is -1.04. The van der Waals surface area contributed by atoms with Crippen molar-refractivity contribution < 1.29 is 28.6 Å². The molecule has 7 nitrogen and oxygen atoms in total. The molecule has 164 valence electrons. The van der Waals surface area contributed by atoms with Crippen molar-refractivity contribution in [2.75, 3.05) is 13.2 Å². The summed E-state index contributed by atoms with van der Waals surface area (Å²) in [6.45, 7) is 11.2. The maximum atomic E-state index is 13.2. The molecule has 1 saturated heterocycles. The molecule has 7 heteroatoms. The topological polar surface area (TPSA) is 82.1 Å². The first kappa shape index (κ1) is 22.3. The molecule has 0 N–H and O–H groups in total.